The number of carbonyl (C=O) groups is 1. The first-order valence-corrected chi connectivity index (χ1v) is 10.7. The van der Waals surface area contributed by atoms with Crippen molar-refractivity contribution in [3.05, 3.63) is 60.8 Å². The molecule has 0 fully saturated rings. The number of ether oxygens (including phenoxy) is 2. The predicted octanol–water partition coefficient (Wildman–Crippen LogP) is 6.88. The largest absolute Gasteiger partial charge is 0.467 e. The maximum absolute atomic E-state index is 11.4. The standard InChI is InChI=1S/C25H40O3/c1-4-6-7-8-9-10-11-12-13-14-15-16-17-18-19-20-21-22-23-28-24(5-2)25(26)27-3/h6-7,9-10,12-13,15-16,18-19,24H,4-5,8,11,14,17,20-23H2,1-3H3. The Morgan fingerprint density at radius 1 is 0.750 bits per heavy atom. The lowest BCUT2D eigenvalue weighted by Crippen LogP contribution is -2.25. The fraction of sp³-hybridized carbons (Fsp3) is 0.560. The van der Waals surface area contributed by atoms with Gasteiger partial charge in [0.25, 0.3) is 0 Å². The lowest BCUT2D eigenvalue weighted by atomic mass is 10.2. The van der Waals surface area contributed by atoms with Crippen LogP contribution in [0, 0.1) is 0 Å². The predicted molar refractivity (Wildman–Crippen MR) is 120 cm³/mol. The van der Waals surface area contributed by atoms with Crippen LogP contribution in [0.25, 0.3) is 0 Å². The van der Waals surface area contributed by atoms with Crippen LogP contribution in [0.3, 0.4) is 0 Å². The second-order valence-electron chi connectivity index (χ2n) is 6.49. The third kappa shape index (κ3) is 17.5. The van der Waals surface area contributed by atoms with Crippen LogP contribution in [0.5, 0.6) is 0 Å². The highest BCUT2D eigenvalue weighted by atomic mass is 16.6. The quantitative estimate of drug-likeness (QED) is 0.155. The smallest absolute Gasteiger partial charge is 0.334 e. The van der Waals surface area contributed by atoms with Crippen molar-refractivity contribution in [1.29, 1.82) is 0 Å². The summed E-state index contributed by atoms with van der Waals surface area (Å²) in [5, 5.41) is 0. The third-order valence-electron chi connectivity index (χ3n) is 4.08. The highest BCUT2D eigenvalue weighted by Gasteiger charge is 2.16. The first-order chi connectivity index (χ1) is 13.8. The van der Waals surface area contributed by atoms with Gasteiger partial charge in [-0.15, -0.1) is 0 Å². The molecule has 0 aromatic rings. The lowest BCUT2D eigenvalue weighted by molar-refractivity contribution is -0.154. The molecule has 0 aromatic carbocycles. The van der Waals surface area contributed by atoms with E-state index in [2.05, 4.69) is 67.7 Å². The zero-order valence-corrected chi connectivity index (χ0v) is 18.1. The third-order valence-corrected chi connectivity index (χ3v) is 4.08. The van der Waals surface area contributed by atoms with Crippen molar-refractivity contribution in [2.45, 2.75) is 77.7 Å². The molecule has 0 aliphatic rings. The summed E-state index contributed by atoms with van der Waals surface area (Å²) in [6.45, 7) is 4.69. The van der Waals surface area contributed by atoms with Gasteiger partial charge in [-0.2, -0.15) is 0 Å². The lowest BCUT2D eigenvalue weighted by Gasteiger charge is -2.13. The molecule has 0 radical (unpaired) electrons. The van der Waals surface area contributed by atoms with Crippen LogP contribution < -0.4 is 0 Å². The molecule has 3 heteroatoms. The normalized spacial score (nSPS) is 13.7. The molecule has 0 aliphatic carbocycles. The summed E-state index contributed by atoms with van der Waals surface area (Å²) in [5.41, 5.74) is 0. The van der Waals surface area contributed by atoms with E-state index >= 15 is 0 Å². The minimum atomic E-state index is -0.418. The van der Waals surface area contributed by atoms with E-state index in [0.29, 0.717) is 13.0 Å². The molecule has 0 spiro atoms. The molecule has 28 heavy (non-hydrogen) atoms. The van der Waals surface area contributed by atoms with E-state index in [9.17, 15) is 4.79 Å². The number of hydrogen-bond donors (Lipinski definition) is 0. The van der Waals surface area contributed by atoms with Crippen LogP contribution in [-0.4, -0.2) is 25.8 Å². The second kappa shape index (κ2) is 21.4. The molecule has 0 rings (SSSR count). The average molecular weight is 389 g/mol. The Morgan fingerprint density at radius 3 is 1.71 bits per heavy atom. The summed E-state index contributed by atoms with van der Waals surface area (Å²) in [6.07, 6.45) is 30.5. The topological polar surface area (TPSA) is 35.5 Å². The zero-order valence-electron chi connectivity index (χ0n) is 18.1. The number of allylic oxidation sites excluding steroid dienone is 10. The summed E-state index contributed by atoms with van der Waals surface area (Å²) < 4.78 is 10.3. The van der Waals surface area contributed by atoms with Gasteiger partial charge in [-0.1, -0.05) is 74.6 Å². The molecular weight excluding hydrogens is 348 g/mol. The van der Waals surface area contributed by atoms with E-state index in [-0.39, 0.29) is 5.97 Å². The van der Waals surface area contributed by atoms with Crippen molar-refractivity contribution in [3.8, 4) is 0 Å². The second-order valence-corrected chi connectivity index (χ2v) is 6.49. The van der Waals surface area contributed by atoms with Crippen LogP contribution in [0.4, 0.5) is 0 Å². The molecule has 158 valence electrons. The zero-order chi connectivity index (χ0) is 20.7. The molecule has 0 aliphatic heterocycles. The molecule has 0 heterocycles. The van der Waals surface area contributed by atoms with Crippen molar-refractivity contribution < 1.29 is 14.3 Å². The summed E-state index contributed by atoms with van der Waals surface area (Å²) in [7, 11) is 1.40. The fourth-order valence-electron chi connectivity index (χ4n) is 2.44. The molecule has 1 atom stereocenters. The van der Waals surface area contributed by atoms with Crippen LogP contribution in [0.2, 0.25) is 0 Å². The van der Waals surface area contributed by atoms with Crippen LogP contribution in [0.1, 0.15) is 71.6 Å². The van der Waals surface area contributed by atoms with E-state index in [1.165, 1.54) is 7.11 Å². The van der Waals surface area contributed by atoms with E-state index in [0.717, 1.165) is 51.4 Å². The molecule has 0 N–H and O–H groups in total. The summed E-state index contributed by atoms with van der Waals surface area (Å²) in [6, 6.07) is 0. The Labute approximate surface area is 172 Å². The van der Waals surface area contributed by atoms with Crippen molar-refractivity contribution >= 4 is 5.97 Å². The van der Waals surface area contributed by atoms with Crippen LogP contribution in [0.15, 0.2) is 60.8 Å². The Balaban J connectivity index is 3.55. The first-order valence-electron chi connectivity index (χ1n) is 10.7. The van der Waals surface area contributed by atoms with Gasteiger partial charge in [-0.05, 0) is 57.8 Å². The molecule has 1 unspecified atom stereocenters. The molecule has 3 nitrogen and oxygen atoms in total. The molecule has 0 bridgehead atoms. The summed E-state index contributed by atoms with van der Waals surface area (Å²) >= 11 is 0. The van der Waals surface area contributed by atoms with Gasteiger partial charge in [0, 0.05) is 6.61 Å². The number of unbranched alkanes of at least 4 members (excludes halogenated alkanes) is 2. The highest BCUT2D eigenvalue weighted by molar-refractivity contribution is 5.74. The summed E-state index contributed by atoms with van der Waals surface area (Å²) in [5.74, 6) is -0.277. The average Bonchev–Trinajstić information content (AvgIpc) is 2.72. The number of hydrogen-bond acceptors (Lipinski definition) is 3. The molecule has 0 saturated carbocycles. The van der Waals surface area contributed by atoms with Gasteiger partial charge in [-0.3, -0.25) is 0 Å². The van der Waals surface area contributed by atoms with Crippen molar-refractivity contribution in [1.82, 2.24) is 0 Å². The molecular formula is C25H40O3. The van der Waals surface area contributed by atoms with Gasteiger partial charge in [-0.25, -0.2) is 4.79 Å². The van der Waals surface area contributed by atoms with Crippen LogP contribution >= 0.6 is 0 Å². The van der Waals surface area contributed by atoms with Crippen molar-refractivity contribution in [2.24, 2.45) is 0 Å². The molecule has 0 amide bonds. The van der Waals surface area contributed by atoms with Gasteiger partial charge in [0.05, 0.1) is 7.11 Å². The van der Waals surface area contributed by atoms with E-state index in [1.807, 2.05) is 6.92 Å². The minimum Gasteiger partial charge on any atom is -0.467 e. The number of carbonyl (C=O) groups excluding carboxylic acids is 1. The molecule has 0 saturated heterocycles. The van der Waals surface area contributed by atoms with E-state index in [4.69, 9.17) is 9.47 Å². The minimum absolute atomic E-state index is 0.277. The van der Waals surface area contributed by atoms with Gasteiger partial charge < -0.3 is 9.47 Å². The highest BCUT2D eigenvalue weighted by Crippen LogP contribution is 2.04. The van der Waals surface area contributed by atoms with Crippen molar-refractivity contribution in [2.75, 3.05) is 13.7 Å². The van der Waals surface area contributed by atoms with Gasteiger partial charge in [0.15, 0.2) is 6.10 Å². The Kier molecular flexibility index (Phi) is 20.0. The first kappa shape index (κ1) is 26.1. The monoisotopic (exact) mass is 388 g/mol. The maximum atomic E-state index is 11.4. The number of esters is 1. The van der Waals surface area contributed by atoms with Gasteiger partial charge in [0.2, 0.25) is 0 Å². The van der Waals surface area contributed by atoms with Crippen LogP contribution in [-0.2, 0) is 14.3 Å². The van der Waals surface area contributed by atoms with E-state index < -0.39 is 6.10 Å². The van der Waals surface area contributed by atoms with E-state index in [1.54, 1.807) is 0 Å². The Morgan fingerprint density at radius 2 is 1.25 bits per heavy atom. The SMILES string of the molecule is CCC=CCC=CCC=CCC=CCC=CCCCCOC(CC)C(=O)OC. The van der Waals surface area contributed by atoms with Gasteiger partial charge >= 0.3 is 5.97 Å². The Bertz CT molecular complexity index is 498. The Hall–Kier alpha value is -1.87. The fourth-order valence-corrected chi connectivity index (χ4v) is 2.44. The molecule has 0 aromatic heterocycles. The number of methoxy groups -OCH3 is 1. The van der Waals surface area contributed by atoms with Gasteiger partial charge in [0.1, 0.15) is 0 Å². The number of rotatable bonds is 17. The maximum Gasteiger partial charge on any atom is 0.334 e. The van der Waals surface area contributed by atoms with Crippen molar-refractivity contribution in [3.63, 3.8) is 0 Å². The summed E-state index contributed by atoms with van der Waals surface area (Å²) in [4.78, 5) is 11.4.